The van der Waals surface area contributed by atoms with E-state index < -0.39 is 9.84 Å². The van der Waals surface area contributed by atoms with E-state index in [2.05, 4.69) is 4.98 Å². The quantitative estimate of drug-likeness (QED) is 0.740. The Labute approximate surface area is 123 Å². The smallest absolute Gasteiger partial charge is 0.199 e. The van der Waals surface area contributed by atoms with E-state index in [1.807, 2.05) is 30.3 Å². The van der Waals surface area contributed by atoms with Crippen LogP contribution in [0.15, 0.2) is 77.2 Å². The molecule has 0 aliphatic heterocycles. The zero-order valence-corrected chi connectivity index (χ0v) is 12.0. The van der Waals surface area contributed by atoms with Crippen LogP contribution in [-0.2, 0) is 9.84 Å². The van der Waals surface area contributed by atoms with Gasteiger partial charge in [-0.3, -0.25) is 4.98 Å². The maximum atomic E-state index is 12.2. The van der Waals surface area contributed by atoms with Gasteiger partial charge in [0.1, 0.15) is 0 Å². The highest BCUT2D eigenvalue weighted by Gasteiger charge is 2.08. The van der Waals surface area contributed by atoms with Gasteiger partial charge in [-0.15, -0.1) is 0 Å². The van der Waals surface area contributed by atoms with E-state index >= 15 is 0 Å². The third kappa shape index (κ3) is 3.01. The van der Waals surface area contributed by atoms with E-state index in [9.17, 15) is 8.42 Å². The van der Waals surface area contributed by atoms with E-state index in [4.69, 9.17) is 0 Å². The average molecular weight is 295 g/mol. The molecule has 0 bridgehead atoms. The normalized spacial score (nSPS) is 12.0. The molecule has 0 spiro atoms. The van der Waals surface area contributed by atoms with E-state index in [1.165, 1.54) is 5.41 Å². The molecule has 0 atom stereocenters. The van der Waals surface area contributed by atoms with Crippen molar-refractivity contribution in [2.24, 2.45) is 0 Å². The molecule has 2 aromatic carbocycles. The summed E-state index contributed by atoms with van der Waals surface area (Å²) in [6.45, 7) is 0. The summed E-state index contributed by atoms with van der Waals surface area (Å²) in [7, 11) is -3.42. The molecule has 0 amide bonds. The van der Waals surface area contributed by atoms with Gasteiger partial charge in [-0.1, -0.05) is 36.4 Å². The van der Waals surface area contributed by atoms with Crippen LogP contribution in [0.2, 0.25) is 0 Å². The van der Waals surface area contributed by atoms with Gasteiger partial charge in [0.2, 0.25) is 0 Å². The Hall–Kier alpha value is -2.46. The summed E-state index contributed by atoms with van der Waals surface area (Å²) in [5.74, 6) is 0. The molecule has 1 heterocycles. The largest absolute Gasteiger partial charge is 0.256 e. The molecule has 1 aromatic heterocycles. The molecule has 104 valence electrons. The van der Waals surface area contributed by atoms with Crippen molar-refractivity contribution in [3.63, 3.8) is 0 Å². The monoisotopic (exact) mass is 295 g/mol. The van der Waals surface area contributed by atoms with Crippen molar-refractivity contribution < 1.29 is 8.42 Å². The topological polar surface area (TPSA) is 47.0 Å². The van der Waals surface area contributed by atoms with Crippen LogP contribution < -0.4 is 0 Å². The highest BCUT2D eigenvalue weighted by molar-refractivity contribution is 7.94. The molecule has 0 saturated heterocycles. The third-order valence-corrected chi connectivity index (χ3v) is 4.55. The number of nitrogens with zero attached hydrogens (tertiary/aromatic N) is 1. The van der Waals surface area contributed by atoms with Crippen LogP contribution in [0, 0.1) is 0 Å². The number of aromatic nitrogens is 1. The van der Waals surface area contributed by atoms with Gasteiger partial charge in [-0.2, -0.15) is 0 Å². The summed E-state index contributed by atoms with van der Waals surface area (Å²) >= 11 is 0. The summed E-state index contributed by atoms with van der Waals surface area (Å²) in [5.41, 5.74) is 1.65. The number of benzene rings is 2. The maximum Gasteiger partial charge on any atom is 0.199 e. The molecule has 21 heavy (non-hydrogen) atoms. The first kappa shape index (κ1) is 13.5. The van der Waals surface area contributed by atoms with E-state index in [1.54, 1.807) is 42.6 Å². The van der Waals surface area contributed by atoms with E-state index in [-0.39, 0.29) is 4.90 Å². The maximum absolute atomic E-state index is 12.2. The average Bonchev–Trinajstić information content (AvgIpc) is 2.54. The first-order chi connectivity index (χ1) is 10.1. The number of hydrogen-bond acceptors (Lipinski definition) is 3. The third-order valence-electron chi connectivity index (χ3n) is 3.12. The predicted octanol–water partition coefficient (Wildman–Crippen LogP) is 3.68. The molecule has 0 radical (unpaired) electrons. The molecule has 3 aromatic rings. The van der Waals surface area contributed by atoms with E-state index in [0.29, 0.717) is 0 Å². The number of fused-ring (bicyclic) bond motifs is 1. The number of hydrogen-bond donors (Lipinski definition) is 0. The number of pyridine rings is 1. The summed E-state index contributed by atoms with van der Waals surface area (Å²) in [4.78, 5) is 4.60. The van der Waals surface area contributed by atoms with Crippen molar-refractivity contribution in [2.75, 3.05) is 0 Å². The fraction of sp³-hybridized carbons (Fsp3) is 0. The second kappa shape index (κ2) is 5.50. The van der Waals surface area contributed by atoms with Gasteiger partial charge >= 0.3 is 0 Å². The SMILES string of the molecule is O=S(=O)(/C=C\c1cnc2ccccc2c1)c1ccccc1. The van der Waals surface area contributed by atoms with Crippen LogP contribution in [0.3, 0.4) is 0 Å². The standard InChI is InChI=1S/C17H13NO2S/c19-21(20,16-7-2-1-3-8-16)11-10-14-12-15-6-4-5-9-17(15)18-13-14/h1-13H/b11-10-. The van der Waals surface area contributed by atoms with Crippen LogP contribution in [0.5, 0.6) is 0 Å². The fourth-order valence-corrected chi connectivity index (χ4v) is 3.07. The van der Waals surface area contributed by atoms with Crippen molar-refractivity contribution in [1.29, 1.82) is 0 Å². The van der Waals surface area contributed by atoms with Gasteiger partial charge in [0, 0.05) is 17.0 Å². The second-order valence-electron chi connectivity index (χ2n) is 4.62. The minimum Gasteiger partial charge on any atom is -0.256 e. The summed E-state index contributed by atoms with van der Waals surface area (Å²) in [6, 6.07) is 18.0. The van der Waals surface area contributed by atoms with Crippen LogP contribution >= 0.6 is 0 Å². The molecular formula is C17H13NO2S. The van der Waals surface area contributed by atoms with E-state index in [0.717, 1.165) is 16.5 Å². The van der Waals surface area contributed by atoms with Crippen LogP contribution in [0.1, 0.15) is 5.56 Å². The molecule has 4 heteroatoms. The van der Waals surface area contributed by atoms with Crippen molar-refractivity contribution in [3.05, 3.63) is 77.8 Å². The Morgan fingerprint density at radius 1 is 0.905 bits per heavy atom. The molecule has 0 N–H and O–H groups in total. The van der Waals surface area contributed by atoms with Gasteiger partial charge in [-0.05, 0) is 35.9 Å². The fourth-order valence-electron chi connectivity index (χ4n) is 2.04. The first-order valence-electron chi connectivity index (χ1n) is 6.48. The van der Waals surface area contributed by atoms with Crippen molar-refractivity contribution in [2.45, 2.75) is 4.90 Å². The Kier molecular flexibility index (Phi) is 3.54. The van der Waals surface area contributed by atoms with Crippen molar-refractivity contribution >= 4 is 26.8 Å². The lowest BCUT2D eigenvalue weighted by atomic mass is 10.2. The first-order valence-corrected chi connectivity index (χ1v) is 8.03. The van der Waals surface area contributed by atoms with Crippen molar-refractivity contribution in [1.82, 2.24) is 4.98 Å². The Balaban J connectivity index is 1.94. The summed E-state index contributed by atoms with van der Waals surface area (Å²) < 4.78 is 24.3. The van der Waals surface area contributed by atoms with Crippen LogP contribution in [-0.4, -0.2) is 13.4 Å². The summed E-state index contributed by atoms with van der Waals surface area (Å²) in [6.07, 6.45) is 3.24. The minimum absolute atomic E-state index is 0.287. The van der Waals surface area contributed by atoms with Gasteiger partial charge in [0.05, 0.1) is 10.4 Å². The lowest BCUT2D eigenvalue weighted by Crippen LogP contribution is -1.95. The van der Waals surface area contributed by atoms with Gasteiger partial charge in [-0.25, -0.2) is 8.42 Å². The molecule has 3 nitrogen and oxygen atoms in total. The molecule has 0 fully saturated rings. The lowest BCUT2D eigenvalue weighted by Gasteiger charge is -2.00. The molecule has 3 rings (SSSR count). The lowest BCUT2D eigenvalue weighted by molar-refractivity contribution is 0.605. The van der Waals surface area contributed by atoms with Crippen molar-refractivity contribution in [3.8, 4) is 0 Å². The van der Waals surface area contributed by atoms with Crippen LogP contribution in [0.4, 0.5) is 0 Å². The van der Waals surface area contributed by atoms with Gasteiger partial charge in [0.15, 0.2) is 9.84 Å². The number of para-hydroxylation sites is 1. The molecule has 0 aliphatic rings. The molecule has 0 unspecified atom stereocenters. The number of sulfone groups is 1. The Bertz CT molecular complexity index is 900. The zero-order valence-electron chi connectivity index (χ0n) is 11.2. The highest BCUT2D eigenvalue weighted by Crippen LogP contribution is 2.16. The van der Waals surface area contributed by atoms with Gasteiger partial charge in [0.25, 0.3) is 0 Å². The second-order valence-corrected chi connectivity index (χ2v) is 6.46. The summed E-state index contributed by atoms with van der Waals surface area (Å²) in [5, 5.41) is 2.20. The Morgan fingerprint density at radius 2 is 1.62 bits per heavy atom. The zero-order chi connectivity index (χ0) is 14.7. The minimum atomic E-state index is -3.42. The Morgan fingerprint density at radius 3 is 2.43 bits per heavy atom. The molecule has 0 saturated carbocycles. The molecular weight excluding hydrogens is 282 g/mol. The van der Waals surface area contributed by atoms with Crippen LogP contribution in [0.25, 0.3) is 17.0 Å². The highest BCUT2D eigenvalue weighted by atomic mass is 32.2. The number of rotatable bonds is 3. The predicted molar refractivity (Wildman–Crippen MR) is 84.4 cm³/mol. The van der Waals surface area contributed by atoms with Gasteiger partial charge < -0.3 is 0 Å². The molecule has 0 aliphatic carbocycles.